The van der Waals surface area contributed by atoms with E-state index in [1.165, 1.54) is 0 Å². The van der Waals surface area contributed by atoms with E-state index in [1.807, 2.05) is 13.8 Å². The lowest BCUT2D eigenvalue weighted by atomic mass is 9.99. The number of hydrogen-bond acceptors (Lipinski definition) is 4. The molecule has 1 saturated heterocycles. The SMILES string of the molecule is CC(CC1CC(C)OC1=O)=NNC(N)=S. The maximum absolute atomic E-state index is 11.3. The third-order valence-electron chi connectivity index (χ3n) is 2.17. The van der Waals surface area contributed by atoms with Crippen LogP contribution in [0, 0.1) is 5.92 Å². The monoisotopic (exact) mass is 229 g/mol. The van der Waals surface area contributed by atoms with Gasteiger partial charge in [0.1, 0.15) is 0 Å². The molecule has 0 aromatic rings. The third-order valence-corrected chi connectivity index (χ3v) is 2.26. The van der Waals surface area contributed by atoms with Gasteiger partial charge < -0.3 is 10.5 Å². The molecule has 3 N–H and O–H groups in total. The van der Waals surface area contributed by atoms with Crippen molar-refractivity contribution >= 4 is 29.0 Å². The highest BCUT2D eigenvalue weighted by molar-refractivity contribution is 7.80. The zero-order valence-corrected chi connectivity index (χ0v) is 9.63. The fourth-order valence-corrected chi connectivity index (χ4v) is 1.60. The van der Waals surface area contributed by atoms with Crippen molar-refractivity contribution in [2.24, 2.45) is 16.8 Å². The van der Waals surface area contributed by atoms with Crippen LogP contribution in [0.15, 0.2) is 5.10 Å². The molecule has 0 aromatic heterocycles. The van der Waals surface area contributed by atoms with Crippen molar-refractivity contribution in [3.8, 4) is 0 Å². The number of thiocarbonyl (C=S) groups is 1. The summed E-state index contributed by atoms with van der Waals surface area (Å²) in [4.78, 5) is 11.3. The first-order valence-corrected chi connectivity index (χ1v) is 5.19. The molecule has 0 aliphatic carbocycles. The molecule has 0 aromatic carbocycles. The van der Waals surface area contributed by atoms with Crippen LogP contribution in [0.2, 0.25) is 0 Å². The normalized spacial score (nSPS) is 26.3. The van der Waals surface area contributed by atoms with E-state index < -0.39 is 0 Å². The Labute approximate surface area is 94.0 Å². The molecule has 0 bridgehead atoms. The van der Waals surface area contributed by atoms with Crippen molar-refractivity contribution in [1.82, 2.24) is 5.43 Å². The highest BCUT2D eigenvalue weighted by Crippen LogP contribution is 2.23. The molecule has 1 rings (SSSR count). The highest BCUT2D eigenvalue weighted by atomic mass is 32.1. The number of carbonyl (C=O) groups is 1. The molecule has 1 heterocycles. The largest absolute Gasteiger partial charge is 0.462 e. The van der Waals surface area contributed by atoms with E-state index in [-0.39, 0.29) is 23.1 Å². The quantitative estimate of drug-likeness (QED) is 0.320. The van der Waals surface area contributed by atoms with Gasteiger partial charge in [-0.1, -0.05) is 0 Å². The predicted molar refractivity (Wildman–Crippen MR) is 61.3 cm³/mol. The lowest BCUT2D eigenvalue weighted by Crippen LogP contribution is -2.25. The molecular weight excluding hydrogens is 214 g/mol. The predicted octanol–water partition coefficient (Wildman–Crippen LogP) is 0.537. The number of carbonyl (C=O) groups excluding carboxylic acids is 1. The van der Waals surface area contributed by atoms with E-state index in [0.29, 0.717) is 6.42 Å². The molecule has 1 aliphatic rings. The second-order valence-corrected chi connectivity index (χ2v) is 4.15. The van der Waals surface area contributed by atoms with Crippen molar-refractivity contribution < 1.29 is 9.53 Å². The van der Waals surface area contributed by atoms with Crippen LogP contribution in [-0.4, -0.2) is 22.9 Å². The smallest absolute Gasteiger partial charge is 0.309 e. The first kappa shape index (κ1) is 11.9. The van der Waals surface area contributed by atoms with Crippen LogP contribution >= 0.6 is 12.2 Å². The zero-order valence-electron chi connectivity index (χ0n) is 8.82. The minimum atomic E-state index is -0.146. The van der Waals surface area contributed by atoms with Gasteiger partial charge in [-0.2, -0.15) is 5.10 Å². The van der Waals surface area contributed by atoms with Crippen LogP contribution in [-0.2, 0) is 9.53 Å². The van der Waals surface area contributed by atoms with Crippen molar-refractivity contribution in [3.05, 3.63) is 0 Å². The summed E-state index contributed by atoms with van der Waals surface area (Å²) in [6.45, 7) is 3.71. The van der Waals surface area contributed by atoms with Crippen LogP contribution < -0.4 is 11.2 Å². The molecular formula is C9H15N3O2S. The van der Waals surface area contributed by atoms with Crippen LogP contribution in [0.1, 0.15) is 26.7 Å². The van der Waals surface area contributed by atoms with Crippen molar-refractivity contribution in [1.29, 1.82) is 0 Å². The Kier molecular flexibility index (Phi) is 4.02. The summed E-state index contributed by atoms with van der Waals surface area (Å²) in [7, 11) is 0. The van der Waals surface area contributed by atoms with Gasteiger partial charge in [0.05, 0.1) is 12.0 Å². The molecule has 2 unspecified atom stereocenters. The minimum absolute atomic E-state index is 0.0128. The average molecular weight is 229 g/mol. The summed E-state index contributed by atoms with van der Waals surface area (Å²) in [6, 6.07) is 0. The van der Waals surface area contributed by atoms with Gasteiger partial charge >= 0.3 is 5.97 Å². The third kappa shape index (κ3) is 3.83. The first-order valence-electron chi connectivity index (χ1n) is 4.78. The van der Waals surface area contributed by atoms with E-state index >= 15 is 0 Å². The summed E-state index contributed by atoms with van der Waals surface area (Å²) in [5.74, 6) is -0.232. The number of ether oxygens (including phenoxy) is 1. The molecule has 1 fully saturated rings. The molecule has 84 valence electrons. The Morgan fingerprint density at radius 1 is 1.80 bits per heavy atom. The molecule has 15 heavy (non-hydrogen) atoms. The van der Waals surface area contributed by atoms with Crippen molar-refractivity contribution in [3.63, 3.8) is 0 Å². The lowest BCUT2D eigenvalue weighted by Gasteiger charge is -2.04. The second kappa shape index (κ2) is 5.06. The maximum atomic E-state index is 11.3. The molecule has 1 aliphatic heterocycles. The molecule has 6 heteroatoms. The molecule has 0 spiro atoms. The highest BCUT2D eigenvalue weighted by Gasteiger charge is 2.31. The van der Waals surface area contributed by atoms with Crippen molar-refractivity contribution in [2.45, 2.75) is 32.8 Å². The lowest BCUT2D eigenvalue weighted by molar-refractivity contribution is -0.143. The summed E-state index contributed by atoms with van der Waals surface area (Å²) in [6.07, 6.45) is 1.34. The fraction of sp³-hybridized carbons (Fsp3) is 0.667. The van der Waals surface area contributed by atoms with Gasteiger partial charge in [0, 0.05) is 12.1 Å². The minimum Gasteiger partial charge on any atom is -0.462 e. The van der Waals surface area contributed by atoms with Crippen LogP contribution in [0.4, 0.5) is 0 Å². The number of cyclic esters (lactones) is 1. The Bertz CT molecular complexity index is 304. The summed E-state index contributed by atoms with van der Waals surface area (Å²) < 4.78 is 5.04. The van der Waals surface area contributed by atoms with Crippen LogP contribution in [0.25, 0.3) is 0 Å². The number of nitrogens with zero attached hydrogens (tertiary/aromatic N) is 1. The number of hydrogen-bond donors (Lipinski definition) is 2. The molecule has 0 amide bonds. The Morgan fingerprint density at radius 3 is 2.93 bits per heavy atom. The van der Waals surface area contributed by atoms with E-state index in [1.54, 1.807) is 0 Å². The van der Waals surface area contributed by atoms with E-state index in [4.69, 9.17) is 10.5 Å². The summed E-state index contributed by atoms with van der Waals surface area (Å²) in [5, 5.41) is 4.06. The first-order chi connectivity index (χ1) is 6.99. The maximum Gasteiger partial charge on any atom is 0.309 e. The fourth-order valence-electron chi connectivity index (χ4n) is 1.56. The molecule has 0 saturated carbocycles. The van der Waals surface area contributed by atoms with Gasteiger partial charge in [-0.15, -0.1) is 0 Å². The van der Waals surface area contributed by atoms with Crippen LogP contribution in [0.3, 0.4) is 0 Å². The Morgan fingerprint density at radius 2 is 2.47 bits per heavy atom. The second-order valence-electron chi connectivity index (χ2n) is 3.71. The van der Waals surface area contributed by atoms with E-state index in [0.717, 1.165) is 12.1 Å². The van der Waals surface area contributed by atoms with Gasteiger partial charge in [-0.3, -0.25) is 10.2 Å². The molecule has 0 radical (unpaired) electrons. The summed E-state index contributed by atoms with van der Waals surface area (Å²) >= 11 is 4.61. The number of hydrazone groups is 1. The van der Waals surface area contributed by atoms with Gasteiger partial charge in [0.25, 0.3) is 0 Å². The molecule has 2 atom stereocenters. The van der Waals surface area contributed by atoms with Crippen LogP contribution in [0.5, 0.6) is 0 Å². The average Bonchev–Trinajstić information content (AvgIpc) is 2.42. The van der Waals surface area contributed by atoms with Gasteiger partial charge in [0.15, 0.2) is 5.11 Å². The summed E-state index contributed by atoms with van der Waals surface area (Å²) in [5.41, 5.74) is 8.50. The van der Waals surface area contributed by atoms with E-state index in [2.05, 4.69) is 22.7 Å². The zero-order chi connectivity index (χ0) is 11.4. The number of rotatable bonds is 3. The number of nitrogens with two attached hydrogens (primary N) is 1. The number of nitrogens with one attached hydrogen (secondary N) is 1. The standard InChI is InChI=1S/C9H15N3O2S/c1-5(11-12-9(10)15)3-7-4-6(2)14-8(7)13/h6-7H,3-4H2,1-2H3,(H3,10,12,15). The molecule has 5 nitrogen and oxygen atoms in total. The Balaban J connectivity index is 2.44. The topological polar surface area (TPSA) is 76.7 Å². The van der Waals surface area contributed by atoms with E-state index in [9.17, 15) is 4.79 Å². The van der Waals surface area contributed by atoms with Crippen molar-refractivity contribution in [2.75, 3.05) is 0 Å². The number of esters is 1. The van der Waals surface area contributed by atoms with Gasteiger partial charge in [0.2, 0.25) is 0 Å². The van der Waals surface area contributed by atoms with Gasteiger partial charge in [-0.25, -0.2) is 0 Å². The Hall–Kier alpha value is -1.17. The van der Waals surface area contributed by atoms with Gasteiger partial charge in [-0.05, 0) is 32.5 Å².